The van der Waals surface area contributed by atoms with E-state index in [0.717, 1.165) is 33.5 Å². The molecule has 8 heteroatoms. The molecule has 2 aromatic carbocycles. The molecule has 1 amide bonds. The van der Waals surface area contributed by atoms with Gasteiger partial charge in [-0.25, -0.2) is 9.97 Å². The highest BCUT2D eigenvalue weighted by molar-refractivity contribution is 7.13. The third kappa shape index (κ3) is 5.23. The van der Waals surface area contributed by atoms with Crippen molar-refractivity contribution in [3.63, 3.8) is 0 Å². The first-order chi connectivity index (χ1) is 16.1. The summed E-state index contributed by atoms with van der Waals surface area (Å²) in [6, 6.07) is 15.0. The summed E-state index contributed by atoms with van der Waals surface area (Å²) in [6.45, 7) is 2.53. The normalized spacial score (nSPS) is 11.7. The number of aryl methyl sites for hydroxylation is 1. The van der Waals surface area contributed by atoms with E-state index in [1.807, 2.05) is 78.6 Å². The van der Waals surface area contributed by atoms with Crippen molar-refractivity contribution >= 4 is 17.2 Å². The fourth-order valence-corrected chi connectivity index (χ4v) is 4.44. The van der Waals surface area contributed by atoms with Gasteiger partial charge in [0.05, 0.1) is 31.4 Å². The van der Waals surface area contributed by atoms with Gasteiger partial charge in [0.2, 0.25) is 5.91 Å². The van der Waals surface area contributed by atoms with Crippen LogP contribution in [0, 0.1) is 0 Å². The zero-order valence-electron chi connectivity index (χ0n) is 18.8. The summed E-state index contributed by atoms with van der Waals surface area (Å²) in [5.41, 5.74) is 2.53. The molecule has 0 aliphatic rings. The Hall–Kier alpha value is -3.65. The smallest absolute Gasteiger partial charge is 0.226 e. The van der Waals surface area contributed by atoms with Crippen molar-refractivity contribution in [2.45, 2.75) is 19.4 Å². The number of benzene rings is 2. The van der Waals surface area contributed by atoms with Crippen molar-refractivity contribution in [3.8, 4) is 22.1 Å². The molecule has 2 heterocycles. The van der Waals surface area contributed by atoms with Gasteiger partial charge in [0.1, 0.15) is 28.4 Å². The molecule has 4 rings (SSSR count). The number of nitrogens with one attached hydrogen (secondary N) is 1. The Morgan fingerprint density at radius 1 is 1.21 bits per heavy atom. The van der Waals surface area contributed by atoms with Crippen molar-refractivity contribution in [2.24, 2.45) is 7.05 Å². The number of para-hydroxylation sites is 1. The van der Waals surface area contributed by atoms with E-state index in [4.69, 9.17) is 9.47 Å². The lowest BCUT2D eigenvalue weighted by molar-refractivity contribution is -0.121. The molecule has 1 N–H and O–H groups in total. The number of nitrogens with zero attached hydrogens (tertiary/aromatic N) is 3. The summed E-state index contributed by atoms with van der Waals surface area (Å²) in [7, 11) is 3.53. The van der Waals surface area contributed by atoms with E-state index in [1.54, 1.807) is 13.3 Å². The molecule has 0 bridgehead atoms. The minimum Gasteiger partial charge on any atom is -0.497 e. The van der Waals surface area contributed by atoms with Gasteiger partial charge < -0.3 is 19.4 Å². The Labute approximate surface area is 197 Å². The SMILES string of the molecule is CCOc1ccccc1-c1nc(CC(=O)NC(c2cccc(OC)c2)c2nccn2C)cs1. The van der Waals surface area contributed by atoms with E-state index in [2.05, 4.69) is 15.3 Å². The number of amides is 1. The zero-order valence-corrected chi connectivity index (χ0v) is 19.6. The van der Waals surface area contributed by atoms with Crippen molar-refractivity contribution in [1.29, 1.82) is 0 Å². The van der Waals surface area contributed by atoms with Crippen molar-refractivity contribution in [1.82, 2.24) is 19.9 Å². The number of ether oxygens (including phenoxy) is 2. The minimum absolute atomic E-state index is 0.138. The number of carbonyl (C=O) groups is 1. The molecule has 0 radical (unpaired) electrons. The zero-order chi connectivity index (χ0) is 23.2. The molecule has 33 heavy (non-hydrogen) atoms. The average molecular weight is 463 g/mol. The second kappa shape index (κ2) is 10.3. The molecule has 170 valence electrons. The molecule has 7 nitrogen and oxygen atoms in total. The standard InChI is InChI=1S/C25H26N4O3S/c1-4-32-21-11-6-5-10-20(21)25-27-18(16-33-25)15-22(30)28-23(24-26-12-13-29(24)2)17-8-7-9-19(14-17)31-3/h5-14,16,23H,4,15H2,1-3H3,(H,28,30). The van der Waals surface area contributed by atoms with Gasteiger partial charge in [-0.15, -0.1) is 11.3 Å². The molecular weight excluding hydrogens is 436 g/mol. The summed E-state index contributed by atoms with van der Waals surface area (Å²) in [5.74, 6) is 2.11. The van der Waals surface area contributed by atoms with Crippen LogP contribution >= 0.6 is 11.3 Å². The Bertz CT molecular complexity index is 1230. The maximum Gasteiger partial charge on any atom is 0.226 e. The van der Waals surface area contributed by atoms with E-state index in [1.165, 1.54) is 11.3 Å². The number of hydrogen-bond acceptors (Lipinski definition) is 6. The first-order valence-electron chi connectivity index (χ1n) is 10.7. The lowest BCUT2D eigenvalue weighted by Crippen LogP contribution is -2.32. The van der Waals surface area contributed by atoms with Crippen LogP contribution in [0.4, 0.5) is 0 Å². The Kier molecular flexibility index (Phi) is 7.04. The molecule has 0 saturated heterocycles. The van der Waals surface area contributed by atoms with Crippen LogP contribution in [0.5, 0.6) is 11.5 Å². The molecule has 4 aromatic rings. The Morgan fingerprint density at radius 2 is 2.06 bits per heavy atom. The van der Waals surface area contributed by atoms with Crippen molar-refractivity contribution in [3.05, 3.63) is 83.4 Å². The molecule has 1 atom stereocenters. The monoisotopic (exact) mass is 462 g/mol. The number of hydrogen-bond donors (Lipinski definition) is 1. The van der Waals surface area contributed by atoms with Crippen LogP contribution in [0.15, 0.2) is 66.3 Å². The van der Waals surface area contributed by atoms with E-state index < -0.39 is 6.04 Å². The lowest BCUT2D eigenvalue weighted by atomic mass is 10.1. The third-order valence-electron chi connectivity index (χ3n) is 5.16. The van der Waals surface area contributed by atoms with Crippen molar-refractivity contribution in [2.75, 3.05) is 13.7 Å². The second-order valence-corrected chi connectivity index (χ2v) is 8.28. The van der Waals surface area contributed by atoms with Crippen LogP contribution in [-0.4, -0.2) is 34.2 Å². The van der Waals surface area contributed by atoms with Crippen LogP contribution in [0.3, 0.4) is 0 Å². The summed E-state index contributed by atoms with van der Waals surface area (Å²) in [4.78, 5) is 22.2. The predicted octanol–water partition coefficient (Wildman–Crippen LogP) is 4.40. The van der Waals surface area contributed by atoms with Gasteiger partial charge in [-0.3, -0.25) is 4.79 Å². The van der Waals surface area contributed by atoms with Gasteiger partial charge in [-0.2, -0.15) is 0 Å². The van der Waals surface area contributed by atoms with Crippen LogP contribution in [0.2, 0.25) is 0 Å². The van der Waals surface area contributed by atoms with Gasteiger partial charge in [-0.1, -0.05) is 24.3 Å². The van der Waals surface area contributed by atoms with Crippen molar-refractivity contribution < 1.29 is 14.3 Å². The van der Waals surface area contributed by atoms with Gasteiger partial charge >= 0.3 is 0 Å². The quantitative estimate of drug-likeness (QED) is 0.399. The van der Waals surface area contributed by atoms with Gasteiger partial charge in [0, 0.05) is 24.8 Å². The van der Waals surface area contributed by atoms with Crippen LogP contribution < -0.4 is 14.8 Å². The highest BCUT2D eigenvalue weighted by Gasteiger charge is 2.22. The van der Waals surface area contributed by atoms with E-state index >= 15 is 0 Å². The number of aromatic nitrogens is 3. The maximum absolute atomic E-state index is 13.0. The molecule has 0 fully saturated rings. The highest BCUT2D eigenvalue weighted by Crippen LogP contribution is 2.32. The Balaban J connectivity index is 1.54. The van der Waals surface area contributed by atoms with Gasteiger partial charge in [-0.05, 0) is 36.8 Å². The second-order valence-electron chi connectivity index (χ2n) is 7.42. The highest BCUT2D eigenvalue weighted by atomic mass is 32.1. The fraction of sp³-hybridized carbons (Fsp3) is 0.240. The van der Waals surface area contributed by atoms with E-state index in [-0.39, 0.29) is 12.3 Å². The number of thiazole rings is 1. The molecule has 0 spiro atoms. The number of imidazole rings is 1. The lowest BCUT2D eigenvalue weighted by Gasteiger charge is -2.19. The topological polar surface area (TPSA) is 78.3 Å². The summed E-state index contributed by atoms with van der Waals surface area (Å²) in [6.07, 6.45) is 3.74. The molecule has 0 saturated carbocycles. The largest absolute Gasteiger partial charge is 0.497 e. The fourth-order valence-electron chi connectivity index (χ4n) is 3.59. The number of methoxy groups -OCH3 is 1. The van der Waals surface area contributed by atoms with E-state index in [0.29, 0.717) is 12.3 Å². The van der Waals surface area contributed by atoms with Crippen LogP contribution in [0.25, 0.3) is 10.6 Å². The summed E-state index contributed by atoms with van der Waals surface area (Å²) < 4.78 is 13.0. The van der Waals surface area contributed by atoms with Gasteiger partial charge in [0.25, 0.3) is 0 Å². The molecule has 1 unspecified atom stereocenters. The van der Waals surface area contributed by atoms with Gasteiger partial charge in [0.15, 0.2) is 0 Å². The Morgan fingerprint density at radius 3 is 2.82 bits per heavy atom. The molecule has 0 aliphatic carbocycles. The average Bonchev–Trinajstić information content (AvgIpc) is 3.47. The molecule has 0 aliphatic heterocycles. The molecular formula is C25H26N4O3S. The van der Waals surface area contributed by atoms with E-state index in [9.17, 15) is 4.79 Å². The molecule has 2 aromatic heterocycles. The number of rotatable bonds is 9. The number of carbonyl (C=O) groups excluding carboxylic acids is 1. The third-order valence-corrected chi connectivity index (χ3v) is 6.08. The minimum atomic E-state index is -0.413. The predicted molar refractivity (Wildman–Crippen MR) is 129 cm³/mol. The summed E-state index contributed by atoms with van der Waals surface area (Å²) >= 11 is 1.50. The first-order valence-corrected chi connectivity index (χ1v) is 11.5. The maximum atomic E-state index is 13.0. The first kappa shape index (κ1) is 22.5. The van der Waals surface area contributed by atoms with Crippen LogP contribution in [-0.2, 0) is 18.3 Å². The van der Waals surface area contributed by atoms with Crippen LogP contribution in [0.1, 0.15) is 30.0 Å². The summed E-state index contributed by atoms with van der Waals surface area (Å²) in [5, 5.41) is 5.86.